The normalized spacial score (nSPS) is 11.4. The molecule has 0 saturated heterocycles. The molecule has 0 saturated carbocycles. The van der Waals surface area contributed by atoms with Gasteiger partial charge in [-0.25, -0.2) is 4.99 Å². The first-order valence-corrected chi connectivity index (χ1v) is 13.5. The van der Waals surface area contributed by atoms with E-state index in [0.717, 1.165) is 27.1 Å². The van der Waals surface area contributed by atoms with Crippen LogP contribution < -0.4 is 21.1 Å². The van der Waals surface area contributed by atoms with Crippen LogP contribution in [0.2, 0.25) is 5.02 Å². The molecule has 0 aliphatic rings. The van der Waals surface area contributed by atoms with Gasteiger partial charge in [-0.2, -0.15) is 4.37 Å². The van der Waals surface area contributed by atoms with Crippen LogP contribution >= 0.6 is 23.1 Å². The van der Waals surface area contributed by atoms with Gasteiger partial charge < -0.3 is 15.8 Å². The minimum Gasteiger partial charge on any atom is -0.497 e. The quantitative estimate of drug-likeness (QED) is 0.142. The molecule has 4 N–H and O–H groups in total. The number of guanidine groups is 1. The van der Waals surface area contributed by atoms with Gasteiger partial charge in [0.2, 0.25) is 5.91 Å². The number of nitrogens with one attached hydrogen (secondary N) is 2. The first-order valence-electron chi connectivity index (χ1n) is 12.3. The van der Waals surface area contributed by atoms with Crippen LogP contribution in [0.3, 0.4) is 0 Å². The summed E-state index contributed by atoms with van der Waals surface area (Å²) >= 11 is 7.54. The number of hydrogen-bond acceptors (Lipinski definition) is 6. The summed E-state index contributed by atoms with van der Waals surface area (Å²) in [5, 5.41) is 6.01. The molecular weight excluding hydrogens is 546 g/mol. The second-order valence-corrected chi connectivity index (χ2v) is 10.2. The molecule has 0 fully saturated rings. The number of aromatic nitrogens is 1. The highest BCUT2D eigenvalue weighted by molar-refractivity contribution is 7.06. The minimum atomic E-state index is -0.392. The van der Waals surface area contributed by atoms with Gasteiger partial charge in [-0.15, -0.1) is 0 Å². The molecule has 0 spiro atoms. The zero-order valence-corrected chi connectivity index (χ0v) is 23.6. The molecule has 8 nitrogen and oxygen atoms in total. The van der Waals surface area contributed by atoms with E-state index in [1.165, 1.54) is 17.6 Å². The zero-order valence-electron chi connectivity index (χ0n) is 22.0. The third kappa shape index (κ3) is 7.78. The van der Waals surface area contributed by atoms with Gasteiger partial charge in [0.05, 0.1) is 24.9 Å². The highest BCUT2D eigenvalue weighted by Crippen LogP contribution is 2.29. The number of halogens is 1. The van der Waals surface area contributed by atoms with E-state index in [1.807, 2.05) is 67.6 Å². The number of methoxy groups -OCH3 is 1. The second-order valence-electron chi connectivity index (χ2n) is 8.78. The van der Waals surface area contributed by atoms with E-state index in [2.05, 4.69) is 20.0 Å². The molecule has 1 aromatic heterocycles. The van der Waals surface area contributed by atoms with Crippen molar-refractivity contribution in [3.05, 3.63) is 111 Å². The number of aryl methyl sites for hydroxylation is 1. The van der Waals surface area contributed by atoms with Crippen molar-refractivity contribution in [3.8, 4) is 17.0 Å². The van der Waals surface area contributed by atoms with Crippen LogP contribution in [-0.4, -0.2) is 29.3 Å². The smallest absolute Gasteiger partial charge is 0.261 e. The molecule has 1 heterocycles. The minimum absolute atomic E-state index is 0.0304. The highest BCUT2D eigenvalue weighted by Gasteiger charge is 2.20. The van der Waals surface area contributed by atoms with Crippen molar-refractivity contribution in [1.29, 1.82) is 0 Å². The van der Waals surface area contributed by atoms with E-state index < -0.39 is 5.91 Å². The fourth-order valence-corrected chi connectivity index (χ4v) is 4.86. The SMILES string of the molecule is COc1ccc(-c2nsc(C)c2C(=O)NC(N)=NCc2cc(Cl)cc(CNC(=O)C=Cc3ccccc3)c2)cc1. The molecular formula is C30H28ClN5O3S. The number of nitrogens with two attached hydrogens (primary N) is 1. The Kier molecular flexibility index (Phi) is 9.66. The maximum absolute atomic E-state index is 13.1. The Bertz CT molecular complexity index is 1550. The molecule has 4 aromatic rings. The molecule has 0 bridgehead atoms. The van der Waals surface area contributed by atoms with Gasteiger partial charge in [0, 0.05) is 28.1 Å². The van der Waals surface area contributed by atoms with Crippen LogP contribution in [0, 0.1) is 6.92 Å². The summed E-state index contributed by atoms with van der Waals surface area (Å²) in [6.45, 7) is 2.31. The third-order valence-corrected chi connectivity index (χ3v) is 6.81. The predicted molar refractivity (Wildman–Crippen MR) is 160 cm³/mol. The van der Waals surface area contributed by atoms with Gasteiger partial charge in [0.15, 0.2) is 5.96 Å². The number of nitrogens with zero attached hydrogens (tertiary/aromatic N) is 2. The number of aliphatic imine (C=N–C) groups is 1. The molecule has 0 radical (unpaired) electrons. The Labute approximate surface area is 241 Å². The summed E-state index contributed by atoms with van der Waals surface area (Å²) in [5.41, 5.74) is 10.4. The lowest BCUT2D eigenvalue weighted by molar-refractivity contribution is -0.116. The van der Waals surface area contributed by atoms with Crippen molar-refractivity contribution in [1.82, 2.24) is 15.0 Å². The number of ether oxygens (including phenoxy) is 1. The second kappa shape index (κ2) is 13.5. The van der Waals surface area contributed by atoms with Gasteiger partial charge >= 0.3 is 0 Å². The van der Waals surface area contributed by atoms with E-state index in [-0.39, 0.29) is 18.4 Å². The third-order valence-electron chi connectivity index (χ3n) is 5.84. The topological polar surface area (TPSA) is 119 Å². The zero-order chi connectivity index (χ0) is 28.5. The number of carbonyl (C=O) groups excluding carboxylic acids is 2. The summed E-state index contributed by atoms with van der Waals surface area (Å²) in [6.07, 6.45) is 3.23. The van der Waals surface area contributed by atoms with E-state index in [0.29, 0.717) is 28.6 Å². The van der Waals surface area contributed by atoms with E-state index in [9.17, 15) is 9.59 Å². The maximum atomic E-state index is 13.1. The van der Waals surface area contributed by atoms with Crippen LogP contribution in [-0.2, 0) is 17.9 Å². The monoisotopic (exact) mass is 573 g/mol. The van der Waals surface area contributed by atoms with Crippen molar-refractivity contribution in [2.75, 3.05) is 7.11 Å². The predicted octanol–water partition coefficient (Wildman–Crippen LogP) is 5.35. The lowest BCUT2D eigenvalue weighted by Gasteiger charge is -2.08. The van der Waals surface area contributed by atoms with Gasteiger partial charge in [0.1, 0.15) is 5.75 Å². The van der Waals surface area contributed by atoms with Gasteiger partial charge in [-0.3, -0.25) is 14.9 Å². The van der Waals surface area contributed by atoms with Crippen molar-refractivity contribution in [2.24, 2.45) is 10.7 Å². The number of hydrogen-bond donors (Lipinski definition) is 3. The Hall–Kier alpha value is -4.47. The highest BCUT2D eigenvalue weighted by atomic mass is 35.5. The molecule has 0 atom stereocenters. The summed E-state index contributed by atoms with van der Waals surface area (Å²) in [5.74, 6) is 0.0700. The number of benzene rings is 3. The summed E-state index contributed by atoms with van der Waals surface area (Å²) in [6, 6.07) is 22.3. The summed E-state index contributed by atoms with van der Waals surface area (Å²) in [4.78, 5) is 30.4. The van der Waals surface area contributed by atoms with Crippen molar-refractivity contribution < 1.29 is 14.3 Å². The maximum Gasteiger partial charge on any atom is 0.261 e. The van der Waals surface area contributed by atoms with Gasteiger partial charge in [-0.05, 0) is 77.6 Å². The Morgan fingerprint density at radius 3 is 2.52 bits per heavy atom. The van der Waals surface area contributed by atoms with Gasteiger partial charge in [-0.1, -0.05) is 48.0 Å². The molecule has 10 heteroatoms. The van der Waals surface area contributed by atoms with E-state index in [4.69, 9.17) is 22.1 Å². The first-order chi connectivity index (χ1) is 19.3. The van der Waals surface area contributed by atoms with Crippen molar-refractivity contribution in [2.45, 2.75) is 20.0 Å². The summed E-state index contributed by atoms with van der Waals surface area (Å²) in [7, 11) is 1.59. The standard InChI is InChI=1S/C30H28ClN5O3S/c1-19-27(28(36-40-19)23-9-11-25(39-2)12-10-23)29(38)35-30(32)34-18-22-14-21(15-24(31)16-22)17-33-26(37)13-8-20-6-4-3-5-7-20/h3-16H,17-18H2,1-2H3,(H,33,37)(H3,32,34,35,38). The van der Waals surface area contributed by atoms with Crippen LogP contribution in [0.15, 0.2) is 83.9 Å². The molecule has 2 amide bonds. The molecule has 204 valence electrons. The van der Waals surface area contributed by atoms with E-state index >= 15 is 0 Å². The molecule has 4 rings (SSSR count). The van der Waals surface area contributed by atoms with Crippen molar-refractivity contribution >= 4 is 47.0 Å². The fraction of sp³-hybridized carbons (Fsp3) is 0.133. The van der Waals surface area contributed by atoms with Gasteiger partial charge in [0.25, 0.3) is 5.91 Å². The first kappa shape index (κ1) is 28.5. The average Bonchev–Trinajstić information content (AvgIpc) is 3.35. The van der Waals surface area contributed by atoms with Crippen LogP contribution in [0.1, 0.15) is 31.9 Å². The number of carbonyl (C=O) groups is 2. The molecule has 3 aromatic carbocycles. The lowest BCUT2D eigenvalue weighted by atomic mass is 10.1. The molecule has 0 aliphatic carbocycles. The fourth-order valence-electron chi connectivity index (χ4n) is 3.88. The van der Waals surface area contributed by atoms with Crippen molar-refractivity contribution in [3.63, 3.8) is 0 Å². The Morgan fingerprint density at radius 1 is 1.07 bits per heavy atom. The van der Waals surface area contributed by atoms with Crippen LogP contribution in [0.5, 0.6) is 5.75 Å². The number of rotatable bonds is 9. The molecule has 40 heavy (non-hydrogen) atoms. The Balaban J connectivity index is 1.37. The van der Waals surface area contributed by atoms with E-state index in [1.54, 1.807) is 25.3 Å². The molecule has 0 unspecified atom stereocenters. The molecule has 0 aliphatic heterocycles. The average molecular weight is 574 g/mol. The van der Waals surface area contributed by atoms with Crippen LogP contribution in [0.4, 0.5) is 0 Å². The largest absolute Gasteiger partial charge is 0.497 e. The lowest BCUT2D eigenvalue weighted by Crippen LogP contribution is -2.37. The summed E-state index contributed by atoms with van der Waals surface area (Å²) < 4.78 is 9.66. The van der Waals surface area contributed by atoms with Crippen LogP contribution in [0.25, 0.3) is 17.3 Å². The number of amides is 2. The Morgan fingerprint density at radius 2 is 1.80 bits per heavy atom.